The van der Waals surface area contributed by atoms with Gasteiger partial charge < -0.3 is 10.5 Å². The summed E-state index contributed by atoms with van der Waals surface area (Å²) >= 11 is 0. The van der Waals surface area contributed by atoms with Crippen molar-refractivity contribution < 1.29 is 13.9 Å². The van der Waals surface area contributed by atoms with Crippen LogP contribution in [0.2, 0.25) is 0 Å². The van der Waals surface area contributed by atoms with E-state index < -0.39 is 11.5 Å². The van der Waals surface area contributed by atoms with Crippen molar-refractivity contribution in [3.8, 4) is 0 Å². The molecule has 0 aromatic heterocycles. The molecular formula is C13H18FNO2. The Balaban J connectivity index is 3.05. The van der Waals surface area contributed by atoms with Crippen molar-refractivity contribution in [3.05, 3.63) is 35.6 Å². The molecule has 0 unspecified atom stereocenters. The molecule has 1 rings (SSSR count). The first kappa shape index (κ1) is 13.6. The number of benzene rings is 1. The molecule has 4 heteroatoms. The van der Waals surface area contributed by atoms with E-state index in [2.05, 4.69) is 0 Å². The summed E-state index contributed by atoms with van der Waals surface area (Å²) in [6.07, 6.45) is 0.173. The molecule has 0 bridgehead atoms. The molecule has 17 heavy (non-hydrogen) atoms. The molecule has 0 saturated heterocycles. The van der Waals surface area contributed by atoms with Crippen LogP contribution in [0.4, 0.5) is 4.39 Å². The second kappa shape index (κ2) is 5.27. The maximum atomic E-state index is 12.9. The first-order valence-corrected chi connectivity index (χ1v) is 5.45. The van der Waals surface area contributed by atoms with Crippen LogP contribution in [0.1, 0.15) is 31.7 Å². The lowest BCUT2D eigenvalue weighted by Crippen LogP contribution is -2.34. The van der Waals surface area contributed by atoms with Gasteiger partial charge in [-0.25, -0.2) is 4.39 Å². The summed E-state index contributed by atoms with van der Waals surface area (Å²) in [7, 11) is 1.58. The smallest absolute Gasteiger partial charge is 0.218 e. The quantitative estimate of drug-likeness (QED) is 0.856. The highest BCUT2D eigenvalue weighted by molar-refractivity contribution is 5.75. The number of primary amides is 1. The third kappa shape index (κ3) is 3.53. The molecule has 0 aliphatic rings. The van der Waals surface area contributed by atoms with Gasteiger partial charge in [0.2, 0.25) is 5.91 Å². The Labute approximate surface area is 101 Å². The van der Waals surface area contributed by atoms with Crippen LogP contribution >= 0.6 is 0 Å². The fourth-order valence-corrected chi connectivity index (χ4v) is 1.80. The third-order valence-corrected chi connectivity index (χ3v) is 3.04. The summed E-state index contributed by atoms with van der Waals surface area (Å²) in [6.45, 7) is 3.76. The number of ether oxygens (including phenoxy) is 1. The minimum atomic E-state index is -0.535. The SMILES string of the molecule is COC(C)(C)[C@@H](CC(N)=O)c1ccc(F)cc1. The molecule has 0 aliphatic heterocycles. The molecule has 0 spiro atoms. The highest BCUT2D eigenvalue weighted by Gasteiger charge is 2.31. The Morgan fingerprint density at radius 3 is 2.35 bits per heavy atom. The van der Waals surface area contributed by atoms with Crippen molar-refractivity contribution >= 4 is 5.91 Å². The standard InChI is InChI=1S/C13H18FNO2/c1-13(2,17-3)11(8-12(15)16)9-4-6-10(14)7-5-9/h4-7,11H,8H2,1-3H3,(H2,15,16)/t11-/m0/s1. The van der Waals surface area contributed by atoms with Gasteiger partial charge in [-0.1, -0.05) is 12.1 Å². The number of hydrogen-bond acceptors (Lipinski definition) is 2. The average Bonchev–Trinajstić information content (AvgIpc) is 2.27. The Hall–Kier alpha value is -1.42. The van der Waals surface area contributed by atoms with E-state index in [1.807, 2.05) is 13.8 Å². The number of methoxy groups -OCH3 is 1. The van der Waals surface area contributed by atoms with Crippen molar-refractivity contribution in [1.82, 2.24) is 0 Å². The van der Waals surface area contributed by atoms with Crippen LogP contribution in [0, 0.1) is 5.82 Å². The van der Waals surface area contributed by atoms with E-state index in [1.165, 1.54) is 12.1 Å². The lowest BCUT2D eigenvalue weighted by molar-refractivity contribution is -0.120. The van der Waals surface area contributed by atoms with Crippen LogP contribution in [0.15, 0.2) is 24.3 Å². The molecule has 0 radical (unpaired) electrons. The second-order valence-electron chi connectivity index (χ2n) is 4.58. The van der Waals surface area contributed by atoms with E-state index in [0.717, 1.165) is 5.56 Å². The lowest BCUT2D eigenvalue weighted by Gasteiger charge is -2.32. The van der Waals surface area contributed by atoms with Gasteiger partial charge in [-0.05, 0) is 31.5 Å². The second-order valence-corrected chi connectivity index (χ2v) is 4.58. The molecule has 2 N–H and O–H groups in total. The van der Waals surface area contributed by atoms with Crippen LogP contribution in [-0.2, 0) is 9.53 Å². The number of rotatable bonds is 5. The fourth-order valence-electron chi connectivity index (χ4n) is 1.80. The first-order valence-electron chi connectivity index (χ1n) is 5.45. The zero-order valence-electron chi connectivity index (χ0n) is 10.4. The summed E-state index contributed by atoms with van der Waals surface area (Å²) in [5.74, 6) is -0.892. The van der Waals surface area contributed by atoms with Crippen molar-refractivity contribution in [2.24, 2.45) is 5.73 Å². The maximum absolute atomic E-state index is 12.9. The van der Waals surface area contributed by atoms with Crippen LogP contribution < -0.4 is 5.73 Å². The zero-order chi connectivity index (χ0) is 13.1. The Kier molecular flexibility index (Phi) is 4.23. The van der Waals surface area contributed by atoms with Gasteiger partial charge in [0.1, 0.15) is 5.82 Å². The average molecular weight is 239 g/mol. The number of carbonyl (C=O) groups is 1. The topological polar surface area (TPSA) is 52.3 Å². The predicted octanol–water partition coefficient (Wildman–Crippen LogP) is 2.21. The molecular weight excluding hydrogens is 221 g/mol. The molecule has 0 fully saturated rings. The Bertz CT molecular complexity index is 387. The van der Waals surface area contributed by atoms with Crippen molar-refractivity contribution in [2.45, 2.75) is 31.8 Å². The van der Waals surface area contributed by atoms with Gasteiger partial charge in [0.25, 0.3) is 0 Å². The van der Waals surface area contributed by atoms with Gasteiger partial charge in [0.05, 0.1) is 5.60 Å². The highest BCUT2D eigenvalue weighted by Crippen LogP contribution is 2.33. The number of halogens is 1. The number of nitrogens with two attached hydrogens (primary N) is 1. The van der Waals surface area contributed by atoms with Crippen LogP contribution in [0.25, 0.3) is 0 Å². The minimum absolute atomic E-state index is 0.173. The largest absolute Gasteiger partial charge is 0.378 e. The van der Waals surface area contributed by atoms with E-state index in [-0.39, 0.29) is 18.2 Å². The fraction of sp³-hybridized carbons (Fsp3) is 0.462. The molecule has 0 saturated carbocycles. The summed E-state index contributed by atoms with van der Waals surface area (Å²) in [6, 6.07) is 6.05. The Morgan fingerprint density at radius 2 is 1.94 bits per heavy atom. The molecule has 0 aliphatic carbocycles. The van der Waals surface area contributed by atoms with E-state index >= 15 is 0 Å². The van der Waals surface area contributed by atoms with Gasteiger partial charge in [-0.3, -0.25) is 4.79 Å². The minimum Gasteiger partial charge on any atom is -0.378 e. The summed E-state index contributed by atoms with van der Waals surface area (Å²) in [5, 5.41) is 0. The van der Waals surface area contributed by atoms with Gasteiger partial charge in [-0.15, -0.1) is 0 Å². The third-order valence-electron chi connectivity index (χ3n) is 3.04. The molecule has 1 aromatic carbocycles. The van der Waals surface area contributed by atoms with Gasteiger partial charge in [0, 0.05) is 19.4 Å². The molecule has 94 valence electrons. The summed E-state index contributed by atoms with van der Waals surface area (Å²) in [4.78, 5) is 11.1. The number of carbonyl (C=O) groups excluding carboxylic acids is 1. The molecule has 3 nitrogen and oxygen atoms in total. The van der Waals surface area contributed by atoms with E-state index in [0.29, 0.717) is 0 Å². The molecule has 1 atom stereocenters. The van der Waals surface area contributed by atoms with E-state index in [4.69, 9.17) is 10.5 Å². The molecule has 1 aromatic rings. The van der Waals surface area contributed by atoms with Gasteiger partial charge in [-0.2, -0.15) is 0 Å². The zero-order valence-corrected chi connectivity index (χ0v) is 10.4. The van der Waals surface area contributed by atoms with E-state index in [9.17, 15) is 9.18 Å². The van der Waals surface area contributed by atoms with Gasteiger partial charge in [0.15, 0.2) is 0 Å². The van der Waals surface area contributed by atoms with Crippen LogP contribution in [-0.4, -0.2) is 18.6 Å². The van der Waals surface area contributed by atoms with Crippen molar-refractivity contribution in [1.29, 1.82) is 0 Å². The predicted molar refractivity (Wildman–Crippen MR) is 64.0 cm³/mol. The Morgan fingerprint density at radius 1 is 1.41 bits per heavy atom. The maximum Gasteiger partial charge on any atom is 0.218 e. The normalized spacial score (nSPS) is 13.4. The monoisotopic (exact) mass is 239 g/mol. The number of hydrogen-bond donors (Lipinski definition) is 1. The van der Waals surface area contributed by atoms with Gasteiger partial charge >= 0.3 is 0 Å². The lowest BCUT2D eigenvalue weighted by atomic mass is 9.82. The molecule has 0 heterocycles. The number of amides is 1. The molecule has 1 amide bonds. The van der Waals surface area contributed by atoms with Crippen molar-refractivity contribution in [3.63, 3.8) is 0 Å². The first-order chi connectivity index (χ1) is 7.86. The van der Waals surface area contributed by atoms with Crippen LogP contribution in [0.5, 0.6) is 0 Å². The van der Waals surface area contributed by atoms with Crippen molar-refractivity contribution in [2.75, 3.05) is 7.11 Å². The van der Waals surface area contributed by atoms with Crippen LogP contribution in [0.3, 0.4) is 0 Å². The van der Waals surface area contributed by atoms with E-state index in [1.54, 1.807) is 19.2 Å². The summed E-state index contributed by atoms with van der Waals surface area (Å²) < 4.78 is 18.3. The summed E-state index contributed by atoms with van der Waals surface area (Å²) in [5.41, 5.74) is 5.55. The highest BCUT2D eigenvalue weighted by atomic mass is 19.1.